The van der Waals surface area contributed by atoms with Crippen LogP contribution in [0.25, 0.3) is 0 Å². The van der Waals surface area contributed by atoms with E-state index in [1.54, 1.807) is 6.07 Å². The molecule has 2 rings (SSSR count). The smallest absolute Gasteiger partial charge is 0.235 e. The Hall–Kier alpha value is -1.19. The highest BCUT2D eigenvalue weighted by atomic mass is 32.2. The van der Waals surface area contributed by atoms with Crippen molar-refractivity contribution in [2.45, 2.75) is 49.2 Å². The molecule has 0 heterocycles. The molecule has 1 unspecified atom stereocenters. The van der Waals surface area contributed by atoms with Crippen LogP contribution in [0.5, 0.6) is 0 Å². The van der Waals surface area contributed by atoms with Gasteiger partial charge in [-0.3, -0.25) is 4.72 Å². The number of aliphatic hydroxyl groups excluding tert-OH is 1. The van der Waals surface area contributed by atoms with E-state index < -0.39 is 33.7 Å². The summed E-state index contributed by atoms with van der Waals surface area (Å²) < 4.78 is 27.3. The van der Waals surface area contributed by atoms with Crippen molar-refractivity contribution >= 4 is 15.7 Å². The summed E-state index contributed by atoms with van der Waals surface area (Å²) in [6, 6.07) is 5.93. The first kappa shape index (κ1) is 18.2. The summed E-state index contributed by atoms with van der Waals surface area (Å²) in [7, 11) is -3.50. The van der Waals surface area contributed by atoms with Gasteiger partial charge in [-0.25, -0.2) is 8.42 Å². The second-order valence-electron chi connectivity index (χ2n) is 6.02. The molecule has 6 N–H and O–H groups in total. The Labute approximate surface area is 136 Å². The lowest BCUT2D eigenvalue weighted by Crippen LogP contribution is -2.43. The van der Waals surface area contributed by atoms with E-state index in [1.807, 2.05) is 0 Å². The zero-order chi connectivity index (χ0) is 17.1. The average molecular weight is 344 g/mol. The van der Waals surface area contributed by atoms with Crippen molar-refractivity contribution in [1.82, 2.24) is 0 Å². The summed E-state index contributed by atoms with van der Waals surface area (Å²) in [6.45, 7) is -0.549. The Balaban J connectivity index is 2.16. The van der Waals surface area contributed by atoms with Crippen LogP contribution in [-0.2, 0) is 10.0 Å². The van der Waals surface area contributed by atoms with Crippen molar-refractivity contribution in [2.24, 2.45) is 5.73 Å². The van der Waals surface area contributed by atoms with Gasteiger partial charge in [-0.05, 0) is 30.5 Å². The van der Waals surface area contributed by atoms with E-state index in [2.05, 4.69) is 4.72 Å². The van der Waals surface area contributed by atoms with Crippen LogP contribution < -0.4 is 10.5 Å². The fourth-order valence-electron chi connectivity index (χ4n) is 2.77. The summed E-state index contributed by atoms with van der Waals surface area (Å²) in [5.41, 5.74) is 5.66. The van der Waals surface area contributed by atoms with E-state index >= 15 is 0 Å². The van der Waals surface area contributed by atoms with E-state index in [4.69, 9.17) is 5.73 Å². The fourth-order valence-corrected chi connectivity index (χ4v) is 4.35. The largest absolute Gasteiger partial charge is 0.383 e. The molecule has 1 aromatic rings. The maximum absolute atomic E-state index is 12.4. The van der Waals surface area contributed by atoms with Gasteiger partial charge >= 0.3 is 0 Å². The van der Waals surface area contributed by atoms with Gasteiger partial charge in [0, 0.05) is 12.2 Å². The maximum Gasteiger partial charge on any atom is 0.235 e. The van der Waals surface area contributed by atoms with Crippen LogP contribution in [0.4, 0.5) is 5.69 Å². The third kappa shape index (κ3) is 4.42. The standard InChI is InChI=1S/C15H24N2O5S/c16-10-15(19,20)14(18)11-5-4-6-12(9-11)17-23(21,22)13-7-2-1-3-8-13/h4-6,9,13-14,17-20H,1-3,7-8,10,16H2. The van der Waals surface area contributed by atoms with Crippen molar-refractivity contribution in [3.63, 3.8) is 0 Å². The first-order valence-corrected chi connectivity index (χ1v) is 9.25. The van der Waals surface area contributed by atoms with E-state index in [1.165, 1.54) is 18.2 Å². The summed E-state index contributed by atoms with van der Waals surface area (Å²) in [5, 5.41) is 28.8. The molecule has 1 saturated carbocycles. The van der Waals surface area contributed by atoms with Gasteiger partial charge in [0.15, 0.2) is 0 Å². The van der Waals surface area contributed by atoms with Crippen molar-refractivity contribution in [3.05, 3.63) is 29.8 Å². The molecule has 0 saturated heterocycles. The molecule has 0 bridgehead atoms. The van der Waals surface area contributed by atoms with Gasteiger partial charge in [0.25, 0.3) is 0 Å². The van der Waals surface area contributed by atoms with Gasteiger partial charge in [-0.15, -0.1) is 0 Å². The van der Waals surface area contributed by atoms with Crippen molar-refractivity contribution < 1.29 is 23.7 Å². The molecule has 0 aromatic heterocycles. The first-order chi connectivity index (χ1) is 10.8. The Morgan fingerprint density at radius 3 is 2.52 bits per heavy atom. The van der Waals surface area contributed by atoms with Crippen molar-refractivity contribution in [3.8, 4) is 0 Å². The van der Waals surface area contributed by atoms with E-state index in [-0.39, 0.29) is 11.3 Å². The Bertz CT molecular complexity index is 627. The minimum absolute atomic E-state index is 0.171. The second kappa shape index (κ2) is 7.14. The minimum Gasteiger partial charge on any atom is -0.383 e. The van der Waals surface area contributed by atoms with Gasteiger partial charge in [0.2, 0.25) is 15.8 Å². The van der Waals surface area contributed by atoms with Crippen LogP contribution >= 0.6 is 0 Å². The number of hydrogen-bond acceptors (Lipinski definition) is 6. The molecule has 1 atom stereocenters. The fraction of sp³-hybridized carbons (Fsp3) is 0.600. The maximum atomic E-state index is 12.4. The highest BCUT2D eigenvalue weighted by Gasteiger charge is 2.33. The van der Waals surface area contributed by atoms with Gasteiger partial charge in [0.05, 0.1) is 5.25 Å². The predicted molar refractivity (Wildman–Crippen MR) is 87.0 cm³/mol. The number of rotatable bonds is 6. The zero-order valence-corrected chi connectivity index (χ0v) is 13.7. The monoisotopic (exact) mass is 344 g/mol. The Morgan fingerprint density at radius 1 is 1.26 bits per heavy atom. The number of aliphatic hydroxyl groups is 3. The van der Waals surface area contributed by atoms with Crippen molar-refractivity contribution in [1.29, 1.82) is 0 Å². The lowest BCUT2D eigenvalue weighted by molar-refractivity contribution is -0.219. The summed E-state index contributed by atoms with van der Waals surface area (Å²) in [6.07, 6.45) is 2.51. The van der Waals surface area contributed by atoms with Gasteiger partial charge < -0.3 is 21.1 Å². The molecule has 0 aliphatic heterocycles. The molecule has 130 valence electrons. The molecule has 7 nitrogen and oxygen atoms in total. The molecular formula is C15H24N2O5S. The Morgan fingerprint density at radius 2 is 1.91 bits per heavy atom. The van der Waals surface area contributed by atoms with E-state index in [0.717, 1.165) is 19.3 Å². The number of sulfonamides is 1. The number of hydrogen-bond donors (Lipinski definition) is 5. The molecule has 8 heteroatoms. The van der Waals surface area contributed by atoms with Crippen LogP contribution in [0, 0.1) is 0 Å². The molecule has 1 aromatic carbocycles. The van der Waals surface area contributed by atoms with Crippen LogP contribution in [0.3, 0.4) is 0 Å². The lowest BCUT2D eigenvalue weighted by Gasteiger charge is -2.26. The summed E-state index contributed by atoms with van der Waals surface area (Å²) >= 11 is 0. The number of benzene rings is 1. The molecule has 0 amide bonds. The van der Waals surface area contributed by atoms with Crippen LogP contribution in [0.2, 0.25) is 0 Å². The number of nitrogens with one attached hydrogen (secondary N) is 1. The summed E-state index contributed by atoms with van der Waals surface area (Å²) in [4.78, 5) is 0. The lowest BCUT2D eigenvalue weighted by atomic mass is 10.0. The minimum atomic E-state index is -3.50. The van der Waals surface area contributed by atoms with Crippen LogP contribution in [0.1, 0.15) is 43.8 Å². The predicted octanol–water partition coefficient (Wildman–Crippen LogP) is 0.434. The third-order valence-electron chi connectivity index (χ3n) is 4.19. The zero-order valence-electron chi connectivity index (χ0n) is 12.9. The highest BCUT2D eigenvalue weighted by Crippen LogP contribution is 2.28. The van der Waals surface area contributed by atoms with Gasteiger partial charge in [0.1, 0.15) is 6.10 Å². The van der Waals surface area contributed by atoms with Crippen molar-refractivity contribution in [2.75, 3.05) is 11.3 Å². The third-order valence-corrected chi connectivity index (χ3v) is 6.06. The van der Waals surface area contributed by atoms with Crippen LogP contribution in [0.15, 0.2) is 24.3 Å². The topological polar surface area (TPSA) is 133 Å². The first-order valence-electron chi connectivity index (χ1n) is 7.71. The Kier molecular flexibility index (Phi) is 5.64. The molecular weight excluding hydrogens is 320 g/mol. The normalized spacial score (nSPS) is 18.6. The molecule has 1 aliphatic carbocycles. The second-order valence-corrected chi connectivity index (χ2v) is 7.98. The number of anilines is 1. The molecule has 1 aliphatic rings. The average Bonchev–Trinajstić information content (AvgIpc) is 2.55. The van der Waals surface area contributed by atoms with E-state index in [0.29, 0.717) is 12.8 Å². The SMILES string of the molecule is NCC(O)(O)C(O)c1cccc(NS(=O)(=O)C2CCCCC2)c1. The quantitative estimate of drug-likeness (QED) is 0.475. The summed E-state index contributed by atoms with van der Waals surface area (Å²) in [5.74, 6) is -2.47. The van der Waals surface area contributed by atoms with E-state index in [9.17, 15) is 23.7 Å². The molecule has 0 radical (unpaired) electrons. The van der Waals surface area contributed by atoms with Crippen LogP contribution in [-0.4, -0.2) is 41.3 Å². The van der Waals surface area contributed by atoms with Gasteiger partial charge in [-0.1, -0.05) is 31.4 Å². The highest BCUT2D eigenvalue weighted by molar-refractivity contribution is 7.93. The molecule has 1 fully saturated rings. The molecule has 23 heavy (non-hydrogen) atoms. The molecule has 0 spiro atoms. The van der Waals surface area contributed by atoms with Gasteiger partial charge in [-0.2, -0.15) is 0 Å². The number of nitrogens with two attached hydrogens (primary N) is 1.